The molecule has 1 heterocycles. The van der Waals surface area contributed by atoms with Crippen LogP contribution in [0.1, 0.15) is 47.6 Å². The average Bonchev–Trinajstić information content (AvgIpc) is 3.39. The predicted octanol–water partition coefficient (Wildman–Crippen LogP) is 4.01. The molecule has 0 radical (unpaired) electrons. The van der Waals surface area contributed by atoms with E-state index in [0.29, 0.717) is 11.3 Å². The summed E-state index contributed by atoms with van der Waals surface area (Å²) in [4.78, 5) is 26.9. The Labute approximate surface area is 147 Å². The predicted molar refractivity (Wildman–Crippen MR) is 97.2 cm³/mol. The molecule has 1 saturated heterocycles. The number of amides is 2. The number of carbonyl (C=O) groups excluding carboxylic acids is 2. The number of hydrogen-bond donors (Lipinski definition) is 1. The fourth-order valence-electron chi connectivity index (χ4n) is 3.52. The molecule has 4 rings (SSSR count). The summed E-state index contributed by atoms with van der Waals surface area (Å²) >= 11 is 0. The van der Waals surface area contributed by atoms with Gasteiger partial charge >= 0.3 is 0 Å². The van der Waals surface area contributed by atoms with E-state index in [9.17, 15) is 9.59 Å². The van der Waals surface area contributed by atoms with Gasteiger partial charge in [-0.1, -0.05) is 36.4 Å². The summed E-state index contributed by atoms with van der Waals surface area (Å²) in [6.07, 6.45) is 3.95. The van der Waals surface area contributed by atoms with Crippen molar-refractivity contribution in [2.45, 2.75) is 31.7 Å². The molecule has 2 amide bonds. The van der Waals surface area contributed by atoms with Crippen LogP contribution >= 0.6 is 0 Å². The van der Waals surface area contributed by atoms with Crippen molar-refractivity contribution in [2.24, 2.45) is 5.92 Å². The summed E-state index contributed by atoms with van der Waals surface area (Å²) in [5, 5.41) is 2.92. The Bertz CT molecular complexity index is 783. The molecule has 2 aromatic rings. The van der Waals surface area contributed by atoms with E-state index in [1.54, 1.807) is 6.07 Å². The Morgan fingerprint density at radius 1 is 0.960 bits per heavy atom. The van der Waals surface area contributed by atoms with Crippen molar-refractivity contribution in [3.63, 3.8) is 0 Å². The lowest BCUT2D eigenvalue weighted by atomic mass is 10.0. The number of anilines is 1. The molecule has 1 N–H and O–H groups in total. The Hall–Kier alpha value is -2.62. The van der Waals surface area contributed by atoms with Crippen LogP contribution in [0.25, 0.3) is 0 Å². The Balaban J connectivity index is 1.52. The fourth-order valence-corrected chi connectivity index (χ4v) is 3.52. The lowest BCUT2D eigenvalue weighted by Crippen LogP contribution is -2.30. The van der Waals surface area contributed by atoms with Gasteiger partial charge in [-0.25, -0.2) is 0 Å². The molecule has 2 aromatic carbocycles. The molecule has 2 aliphatic rings. The van der Waals surface area contributed by atoms with E-state index in [0.717, 1.165) is 32.2 Å². The third kappa shape index (κ3) is 3.43. The van der Waals surface area contributed by atoms with Crippen molar-refractivity contribution in [3.05, 3.63) is 65.7 Å². The fraction of sp³-hybridized carbons (Fsp3) is 0.333. The Kier molecular flexibility index (Phi) is 4.26. The minimum absolute atomic E-state index is 0.0360. The van der Waals surface area contributed by atoms with Crippen LogP contribution in [-0.4, -0.2) is 23.3 Å². The van der Waals surface area contributed by atoms with Crippen LogP contribution in [0.5, 0.6) is 0 Å². The van der Waals surface area contributed by atoms with Crippen molar-refractivity contribution in [2.75, 3.05) is 11.9 Å². The highest BCUT2D eigenvalue weighted by atomic mass is 16.2. The first kappa shape index (κ1) is 15.9. The third-order valence-corrected chi connectivity index (χ3v) is 5.02. The number of nitrogens with one attached hydrogen (secondary N) is 1. The number of rotatable bonds is 4. The maximum atomic E-state index is 13.0. The second-order valence-electron chi connectivity index (χ2n) is 6.91. The molecule has 0 bridgehead atoms. The Morgan fingerprint density at radius 2 is 1.76 bits per heavy atom. The maximum Gasteiger partial charge on any atom is 0.254 e. The van der Waals surface area contributed by atoms with Crippen LogP contribution < -0.4 is 5.32 Å². The molecule has 4 nitrogen and oxygen atoms in total. The molecule has 0 aromatic heterocycles. The van der Waals surface area contributed by atoms with Gasteiger partial charge in [0.1, 0.15) is 0 Å². The highest BCUT2D eigenvalue weighted by Crippen LogP contribution is 2.33. The van der Waals surface area contributed by atoms with Gasteiger partial charge in [0, 0.05) is 23.7 Å². The highest BCUT2D eigenvalue weighted by Gasteiger charge is 2.31. The first-order chi connectivity index (χ1) is 12.2. The van der Waals surface area contributed by atoms with Gasteiger partial charge in [0.05, 0.1) is 6.04 Å². The molecular formula is C21H22N2O2. The van der Waals surface area contributed by atoms with Crippen LogP contribution in [-0.2, 0) is 4.79 Å². The van der Waals surface area contributed by atoms with E-state index in [-0.39, 0.29) is 23.8 Å². The van der Waals surface area contributed by atoms with E-state index >= 15 is 0 Å². The van der Waals surface area contributed by atoms with E-state index in [2.05, 4.69) is 17.4 Å². The minimum Gasteiger partial charge on any atom is -0.332 e. The number of hydrogen-bond acceptors (Lipinski definition) is 2. The number of likely N-dealkylation sites (tertiary alicyclic amines) is 1. The van der Waals surface area contributed by atoms with E-state index < -0.39 is 0 Å². The van der Waals surface area contributed by atoms with Crippen LogP contribution in [0.3, 0.4) is 0 Å². The van der Waals surface area contributed by atoms with Crippen molar-refractivity contribution in [1.82, 2.24) is 4.90 Å². The Morgan fingerprint density at radius 3 is 2.52 bits per heavy atom. The molecule has 1 aliphatic heterocycles. The molecule has 1 atom stereocenters. The SMILES string of the molecule is O=C(Nc1cccc(C(=O)N2CCC[C@H]2c2ccccc2)c1)C1CC1. The summed E-state index contributed by atoms with van der Waals surface area (Å²) < 4.78 is 0. The van der Waals surface area contributed by atoms with Crippen LogP contribution in [0.2, 0.25) is 0 Å². The molecule has 0 spiro atoms. The lowest BCUT2D eigenvalue weighted by Gasteiger charge is -2.25. The van der Waals surface area contributed by atoms with Gasteiger partial charge in [-0.15, -0.1) is 0 Å². The second-order valence-corrected chi connectivity index (χ2v) is 6.91. The summed E-state index contributed by atoms with van der Waals surface area (Å²) in [7, 11) is 0. The smallest absolute Gasteiger partial charge is 0.254 e. The zero-order chi connectivity index (χ0) is 17.2. The average molecular weight is 334 g/mol. The quantitative estimate of drug-likeness (QED) is 0.918. The number of carbonyl (C=O) groups is 2. The molecular weight excluding hydrogens is 312 g/mol. The van der Waals surface area contributed by atoms with Crippen LogP contribution in [0.15, 0.2) is 54.6 Å². The standard InChI is InChI=1S/C21H22N2O2/c24-20(16-11-12-16)22-18-9-4-8-17(14-18)21(25)23-13-5-10-19(23)15-6-2-1-3-7-15/h1-4,6-9,14,16,19H,5,10-13H2,(H,22,24)/t19-/m0/s1. The number of nitrogens with zero attached hydrogens (tertiary/aromatic N) is 1. The first-order valence-electron chi connectivity index (χ1n) is 8.99. The summed E-state index contributed by atoms with van der Waals surface area (Å²) in [5.74, 6) is 0.252. The van der Waals surface area contributed by atoms with Gasteiger partial charge in [0.15, 0.2) is 0 Å². The van der Waals surface area contributed by atoms with Crippen molar-refractivity contribution in [3.8, 4) is 0 Å². The molecule has 4 heteroatoms. The normalized spacial score (nSPS) is 19.7. The second kappa shape index (κ2) is 6.71. The molecule has 1 aliphatic carbocycles. The zero-order valence-electron chi connectivity index (χ0n) is 14.2. The minimum atomic E-state index is 0.0360. The van der Waals surface area contributed by atoms with Crippen molar-refractivity contribution >= 4 is 17.5 Å². The molecule has 25 heavy (non-hydrogen) atoms. The largest absolute Gasteiger partial charge is 0.332 e. The monoisotopic (exact) mass is 334 g/mol. The van der Waals surface area contributed by atoms with Gasteiger partial charge in [0.2, 0.25) is 5.91 Å². The molecule has 0 unspecified atom stereocenters. The van der Waals surface area contributed by atoms with Gasteiger partial charge in [-0.2, -0.15) is 0 Å². The lowest BCUT2D eigenvalue weighted by molar-refractivity contribution is -0.117. The summed E-state index contributed by atoms with van der Waals surface area (Å²) in [6, 6.07) is 17.6. The molecule has 1 saturated carbocycles. The van der Waals surface area contributed by atoms with Gasteiger partial charge < -0.3 is 10.2 Å². The maximum absolute atomic E-state index is 13.0. The van der Waals surface area contributed by atoms with Crippen molar-refractivity contribution in [1.29, 1.82) is 0 Å². The van der Waals surface area contributed by atoms with Gasteiger partial charge in [-0.3, -0.25) is 9.59 Å². The molecule has 128 valence electrons. The summed E-state index contributed by atoms with van der Waals surface area (Å²) in [6.45, 7) is 0.775. The van der Waals surface area contributed by atoms with Gasteiger partial charge in [0.25, 0.3) is 5.91 Å². The number of benzene rings is 2. The van der Waals surface area contributed by atoms with Crippen molar-refractivity contribution < 1.29 is 9.59 Å². The van der Waals surface area contributed by atoms with E-state index in [1.807, 2.05) is 41.3 Å². The highest BCUT2D eigenvalue weighted by molar-refractivity contribution is 5.98. The van der Waals surface area contributed by atoms with E-state index in [4.69, 9.17) is 0 Å². The van der Waals surface area contributed by atoms with Crippen LogP contribution in [0, 0.1) is 5.92 Å². The molecule has 2 fully saturated rings. The third-order valence-electron chi connectivity index (χ3n) is 5.02. The van der Waals surface area contributed by atoms with Gasteiger partial charge in [-0.05, 0) is 49.4 Å². The van der Waals surface area contributed by atoms with Crippen LogP contribution in [0.4, 0.5) is 5.69 Å². The summed E-state index contributed by atoms with van der Waals surface area (Å²) in [5.41, 5.74) is 2.53. The topological polar surface area (TPSA) is 49.4 Å². The zero-order valence-corrected chi connectivity index (χ0v) is 14.2. The van der Waals surface area contributed by atoms with E-state index in [1.165, 1.54) is 5.56 Å². The first-order valence-corrected chi connectivity index (χ1v) is 8.99.